The van der Waals surface area contributed by atoms with Gasteiger partial charge in [0.05, 0.1) is 16.9 Å². The Bertz CT molecular complexity index is 754. The van der Waals surface area contributed by atoms with Crippen LogP contribution in [0.3, 0.4) is 0 Å². The van der Waals surface area contributed by atoms with E-state index in [1.165, 1.54) is 11.4 Å². The van der Waals surface area contributed by atoms with Crippen LogP contribution in [0.1, 0.15) is 51.9 Å². The van der Waals surface area contributed by atoms with Gasteiger partial charge in [0, 0.05) is 31.9 Å². The molecular weight excluding hydrogens is 351 g/mol. The Balaban J connectivity index is 1.51. The minimum absolute atomic E-state index is 0.0205. The van der Waals surface area contributed by atoms with Crippen LogP contribution in [0.2, 0.25) is 0 Å². The second-order valence-electron chi connectivity index (χ2n) is 8.84. The molecule has 2 aromatic rings. The molecule has 0 radical (unpaired) electrons. The Labute approximate surface area is 169 Å². The Morgan fingerprint density at radius 2 is 1.75 bits per heavy atom. The first kappa shape index (κ1) is 20.8. The largest absolute Gasteiger partial charge is 0.367 e. The van der Waals surface area contributed by atoms with Crippen molar-refractivity contribution >= 4 is 5.69 Å². The number of rotatable bonds is 7. The molecule has 1 aliphatic rings. The van der Waals surface area contributed by atoms with Gasteiger partial charge in [-0.1, -0.05) is 25.5 Å². The minimum atomic E-state index is -0.116. The van der Waals surface area contributed by atoms with Crippen LogP contribution in [-0.2, 0) is 18.4 Å². The van der Waals surface area contributed by atoms with Crippen LogP contribution >= 0.6 is 0 Å². The number of anilines is 1. The quantitative estimate of drug-likeness (QED) is 0.701. The molecule has 0 atom stereocenters. The Hall–Kier alpha value is -1.88. The van der Waals surface area contributed by atoms with E-state index in [0.717, 1.165) is 64.1 Å². The lowest BCUT2D eigenvalue weighted by molar-refractivity contribution is 0.252. The summed E-state index contributed by atoms with van der Waals surface area (Å²) in [6.45, 7) is 13.7. The molecule has 28 heavy (non-hydrogen) atoms. The predicted octanol–water partition coefficient (Wildman–Crippen LogP) is 4.48. The summed E-state index contributed by atoms with van der Waals surface area (Å²) >= 11 is 0. The summed E-state index contributed by atoms with van der Waals surface area (Å²) < 4.78 is 16.2. The number of aryl methyl sites for hydroxylation is 2. The number of para-hydroxylation sites is 1. The standard InChI is InChI=1S/C23H35FN4/c1-5-9-19-18-20(28(25-19)23(2,3)4)10-8-13-26-14-16-27(17-15-26)22-12-7-6-11-21(22)24/h6-7,11-12,18H,5,8-10,13-17H2,1-4H3. The van der Waals surface area contributed by atoms with Gasteiger partial charge in [0.1, 0.15) is 5.82 Å². The van der Waals surface area contributed by atoms with Gasteiger partial charge >= 0.3 is 0 Å². The predicted molar refractivity (Wildman–Crippen MR) is 115 cm³/mol. The van der Waals surface area contributed by atoms with Crippen molar-refractivity contribution in [3.63, 3.8) is 0 Å². The van der Waals surface area contributed by atoms with Gasteiger partial charge in [-0.05, 0) is 64.8 Å². The third-order valence-corrected chi connectivity index (χ3v) is 5.45. The molecule has 154 valence electrons. The topological polar surface area (TPSA) is 24.3 Å². The van der Waals surface area contributed by atoms with E-state index in [4.69, 9.17) is 5.10 Å². The molecule has 0 amide bonds. The van der Waals surface area contributed by atoms with Gasteiger partial charge in [0.25, 0.3) is 0 Å². The van der Waals surface area contributed by atoms with Crippen LogP contribution in [0.15, 0.2) is 30.3 Å². The summed E-state index contributed by atoms with van der Waals surface area (Å²) in [6, 6.07) is 9.39. The van der Waals surface area contributed by atoms with E-state index in [2.05, 4.69) is 48.2 Å². The summed E-state index contributed by atoms with van der Waals surface area (Å²) in [6.07, 6.45) is 4.37. The average molecular weight is 387 g/mol. The molecule has 1 aliphatic heterocycles. The molecule has 0 N–H and O–H groups in total. The molecule has 0 bridgehead atoms. The van der Waals surface area contributed by atoms with Gasteiger partial charge < -0.3 is 4.90 Å². The van der Waals surface area contributed by atoms with Crippen LogP contribution in [0.25, 0.3) is 0 Å². The SMILES string of the molecule is CCCc1cc(CCCN2CCN(c3ccccc3F)CC2)n(C(C)(C)C)n1. The number of benzene rings is 1. The monoisotopic (exact) mass is 386 g/mol. The van der Waals surface area contributed by atoms with Crippen molar-refractivity contribution < 1.29 is 4.39 Å². The van der Waals surface area contributed by atoms with Gasteiger partial charge in [-0.2, -0.15) is 5.10 Å². The maximum absolute atomic E-state index is 14.0. The average Bonchev–Trinajstić information content (AvgIpc) is 3.06. The number of halogens is 1. The van der Waals surface area contributed by atoms with Crippen molar-refractivity contribution in [3.8, 4) is 0 Å². The molecule has 1 saturated heterocycles. The lowest BCUT2D eigenvalue weighted by atomic mass is 10.1. The van der Waals surface area contributed by atoms with Gasteiger partial charge in [0.15, 0.2) is 0 Å². The van der Waals surface area contributed by atoms with Crippen LogP contribution in [0.5, 0.6) is 0 Å². The summed E-state index contributed by atoms with van der Waals surface area (Å²) in [4.78, 5) is 4.67. The maximum atomic E-state index is 14.0. The highest BCUT2D eigenvalue weighted by Gasteiger charge is 2.21. The van der Waals surface area contributed by atoms with Crippen LogP contribution in [0, 0.1) is 5.82 Å². The first-order chi connectivity index (χ1) is 13.4. The Morgan fingerprint density at radius 1 is 1.04 bits per heavy atom. The van der Waals surface area contributed by atoms with Crippen molar-refractivity contribution in [1.29, 1.82) is 0 Å². The fourth-order valence-electron chi connectivity index (χ4n) is 4.02. The third-order valence-electron chi connectivity index (χ3n) is 5.45. The number of nitrogens with zero attached hydrogens (tertiary/aromatic N) is 4. The van der Waals surface area contributed by atoms with Crippen LogP contribution < -0.4 is 4.90 Å². The van der Waals surface area contributed by atoms with Crippen molar-refractivity contribution in [2.75, 3.05) is 37.6 Å². The Kier molecular flexibility index (Phi) is 6.76. The number of piperazine rings is 1. The summed E-state index contributed by atoms with van der Waals surface area (Å²) in [5.74, 6) is -0.116. The second-order valence-corrected chi connectivity index (χ2v) is 8.84. The fraction of sp³-hybridized carbons (Fsp3) is 0.609. The van der Waals surface area contributed by atoms with Crippen molar-refractivity contribution in [3.05, 3.63) is 47.5 Å². The number of hydrogen-bond acceptors (Lipinski definition) is 3. The summed E-state index contributed by atoms with van der Waals surface area (Å²) in [5, 5.41) is 4.85. The highest BCUT2D eigenvalue weighted by molar-refractivity contribution is 5.47. The highest BCUT2D eigenvalue weighted by Crippen LogP contribution is 2.21. The molecule has 4 nitrogen and oxygen atoms in total. The molecule has 1 aromatic heterocycles. The van der Waals surface area contributed by atoms with E-state index in [9.17, 15) is 4.39 Å². The maximum Gasteiger partial charge on any atom is 0.146 e. The van der Waals surface area contributed by atoms with E-state index in [1.807, 2.05) is 12.1 Å². The first-order valence-electron chi connectivity index (χ1n) is 10.7. The zero-order valence-corrected chi connectivity index (χ0v) is 17.9. The van der Waals surface area contributed by atoms with E-state index >= 15 is 0 Å². The molecule has 5 heteroatoms. The fourth-order valence-corrected chi connectivity index (χ4v) is 4.02. The molecule has 1 fully saturated rings. The molecule has 0 saturated carbocycles. The van der Waals surface area contributed by atoms with Gasteiger partial charge in [-0.3, -0.25) is 9.58 Å². The smallest absolute Gasteiger partial charge is 0.146 e. The van der Waals surface area contributed by atoms with Gasteiger partial charge in [-0.15, -0.1) is 0 Å². The van der Waals surface area contributed by atoms with E-state index in [0.29, 0.717) is 0 Å². The second kappa shape index (κ2) is 9.08. The van der Waals surface area contributed by atoms with Crippen molar-refractivity contribution in [2.24, 2.45) is 0 Å². The molecule has 0 spiro atoms. The summed E-state index contributed by atoms with van der Waals surface area (Å²) in [5.41, 5.74) is 3.32. The lowest BCUT2D eigenvalue weighted by Crippen LogP contribution is -2.47. The van der Waals surface area contributed by atoms with Gasteiger partial charge in [0.2, 0.25) is 0 Å². The zero-order chi connectivity index (χ0) is 20.1. The van der Waals surface area contributed by atoms with Crippen molar-refractivity contribution in [2.45, 2.75) is 58.9 Å². The van der Waals surface area contributed by atoms with Gasteiger partial charge in [-0.25, -0.2) is 4.39 Å². The third kappa shape index (κ3) is 5.13. The molecule has 1 aromatic carbocycles. The normalized spacial score (nSPS) is 16.0. The van der Waals surface area contributed by atoms with E-state index in [-0.39, 0.29) is 11.4 Å². The van der Waals surface area contributed by atoms with Crippen molar-refractivity contribution in [1.82, 2.24) is 14.7 Å². The van der Waals surface area contributed by atoms with E-state index < -0.39 is 0 Å². The highest BCUT2D eigenvalue weighted by atomic mass is 19.1. The molecule has 2 heterocycles. The zero-order valence-electron chi connectivity index (χ0n) is 17.9. The molecular formula is C23H35FN4. The molecule has 0 aliphatic carbocycles. The Morgan fingerprint density at radius 3 is 2.39 bits per heavy atom. The van der Waals surface area contributed by atoms with Crippen LogP contribution in [-0.4, -0.2) is 47.4 Å². The minimum Gasteiger partial charge on any atom is -0.367 e. The van der Waals surface area contributed by atoms with E-state index in [1.54, 1.807) is 12.1 Å². The number of aromatic nitrogens is 2. The lowest BCUT2D eigenvalue weighted by Gasteiger charge is -2.36. The first-order valence-corrected chi connectivity index (χ1v) is 10.7. The van der Waals surface area contributed by atoms with Crippen LogP contribution in [0.4, 0.5) is 10.1 Å². The number of hydrogen-bond donors (Lipinski definition) is 0. The molecule has 3 rings (SSSR count). The summed E-state index contributed by atoms with van der Waals surface area (Å²) in [7, 11) is 0. The molecule has 0 unspecified atom stereocenters.